The van der Waals surface area contributed by atoms with Crippen LogP contribution >= 0.6 is 11.6 Å². The summed E-state index contributed by atoms with van der Waals surface area (Å²) in [6, 6.07) is 15.0. The number of rotatable bonds is 8. The molecule has 0 aliphatic carbocycles. The van der Waals surface area contributed by atoms with Crippen LogP contribution in [0.25, 0.3) is 0 Å². The topological polar surface area (TPSA) is 76.1 Å². The standard InChI is InChI=1S/C21H21ClN4O2/c1-2-28-19-9-4-3-8-17(19)26-21(27)18-13-25-20(14-24-18)23-11-10-15-6-5-7-16(22)12-15/h3-9,12-14H,2,10-11H2,1H3,(H,23,25)(H,26,27). The Balaban J connectivity index is 1.55. The number of carbonyl (C=O) groups is 1. The van der Waals surface area contributed by atoms with E-state index in [1.807, 2.05) is 43.3 Å². The fourth-order valence-corrected chi connectivity index (χ4v) is 2.81. The largest absolute Gasteiger partial charge is 0.492 e. The first-order valence-corrected chi connectivity index (χ1v) is 9.37. The molecule has 6 nitrogen and oxygen atoms in total. The summed E-state index contributed by atoms with van der Waals surface area (Å²) in [5, 5.41) is 6.71. The van der Waals surface area contributed by atoms with E-state index in [4.69, 9.17) is 16.3 Å². The van der Waals surface area contributed by atoms with Crippen molar-refractivity contribution in [1.29, 1.82) is 0 Å². The van der Waals surface area contributed by atoms with E-state index in [0.717, 1.165) is 17.0 Å². The molecule has 7 heteroatoms. The van der Waals surface area contributed by atoms with Crippen LogP contribution in [0.15, 0.2) is 60.9 Å². The van der Waals surface area contributed by atoms with Crippen molar-refractivity contribution in [3.63, 3.8) is 0 Å². The van der Waals surface area contributed by atoms with Gasteiger partial charge in [0.2, 0.25) is 0 Å². The molecule has 2 N–H and O–H groups in total. The van der Waals surface area contributed by atoms with Gasteiger partial charge in [-0.1, -0.05) is 35.9 Å². The van der Waals surface area contributed by atoms with Gasteiger partial charge >= 0.3 is 0 Å². The number of carbonyl (C=O) groups excluding carboxylic acids is 1. The zero-order valence-corrected chi connectivity index (χ0v) is 16.2. The predicted molar refractivity (Wildman–Crippen MR) is 111 cm³/mol. The molecule has 3 rings (SSSR count). The summed E-state index contributed by atoms with van der Waals surface area (Å²) in [7, 11) is 0. The fraction of sp³-hybridized carbons (Fsp3) is 0.190. The molecule has 0 bridgehead atoms. The van der Waals surface area contributed by atoms with Crippen molar-refractivity contribution in [3.05, 3.63) is 77.2 Å². The Morgan fingerprint density at radius 1 is 1.11 bits per heavy atom. The number of amides is 1. The zero-order valence-electron chi connectivity index (χ0n) is 15.5. The van der Waals surface area contributed by atoms with Crippen LogP contribution in [0.4, 0.5) is 11.5 Å². The van der Waals surface area contributed by atoms with Crippen LogP contribution in [0.2, 0.25) is 5.02 Å². The normalized spacial score (nSPS) is 10.4. The van der Waals surface area contributed by atoms with Gasteiger partial charge in [0.25, 0.3) is 5.91 Å². The Hall–Kier alpha value is -3.12. The molecule has 0 aliphatic heterocycles. The van der Waals surface area contributed by atoms with Gasteiger partial charge in [-0.3, -0.25) is 4.79 Å². The molecule has 0 fully saturated rings. The molecule has 28 heavy (non-hydrogen) atoms. The second-order valence-electron chi connectivity index (χ2n) is 5.98. The number of hydrogen-bond donors (Lipinski definition) is 2. The Labute approximate surface area is 168 Å². The van der Waals surface area contributed by atoms with Crippen LogP contribution in [0.1, 0.15) is 23.0 Å². The Morgan fingerprint density at radius 2 is 1.96 bits per heavy atom. The highest BCUT2D eigenvalue weighted by Gasteiger charge is 2.11. The number of para-hydroxylation sites is 2. The van der Waals surface area contributed by atoms with Gasteiger partial charge in [-0.2, -0.15) is 0 Å². The maximum absolute atomic E-state index is 12.4. The molecule has 144 valence electrons. The number of benzene rings is 2. The zero-order chi connectivity index (χ0) is 19.8. The lowest BCUT2D eigenvalue weighted by Crippen LogP contribution is -2.15. The SMILES string of the molecule is CCOc1ccccc1NC(=O)c1cnc(NCCc2cccc(Cl)c2)cn1. The lowest BCUT2D eigenvalue weighted by molar-refractivity contribution is 0.102. The maximum Gasteiger partial charge on any atom is 0.275 e. The molecule has 3 aromatic rings. The third kappa shape index (κ3) is 5.44. The summed E-state index contributed by atoms with van der Waals surface area (Å²) in [4.78, 5) is 20.9. The number of nitrogens with zero attached hydrogens (tertiary/aromatic N) is 2. The second kappa shape index (κ2) is 9.71. The molecule has 0 atom stereocenters. The van der Waals surface area contributed by atoms with Gasteiger partial charge in [0, 0.05) is 11.6 Å². The first-order chi connectivity index (χ1) is 13.7. The minimum absolute atomic E-state index is 0.228. The number of ether oxygens (including phenoxy) is 1. The monoisotopic (exact) mass is 396 g/mol. The van der Waals surface area contributed by atoms with Crippen LogP contribution < -0.4 is 15.4 Å². The number of nitrogens with one attached hydrogen (secondary N) is 2. The van der Waals surface area contributed by atoms with Crippen molar-refractivity contribution in [2.75, 3.05) is 23.8 Å². The van der Waals surface area contributed by atoms with E-state index in [1.54, 1.807) is 18.3 Å². The molecule has 0 saturated carbocycles. The Bertz CT molecular complexity index is 932. The van der Waals surface area contributed by atoms with Crippen molar-refractivity contribution >= 4 is 29.0 Å². The number of halogens is 1. The lowest BCUT2D eigenvalue weighted by atomic mass is 10.1. The molecule has 1 amide bonds. The number of aromatic nitrogens is 2. The molecule has 0 spiro atoms. The van der Waals surface area contributed by atoms with Gasteiger partial charge in [0.1, 0.15) is 17.3 Å². The molecule has 0 aliphatic rings. The summed E-state index contributed by atoms with van der Waals surface area (Å²) in [6.45, 7) is 3.09. The second-order valence-corrected chi connectivity index (χ2v) is 6.41. The van der Waals surface area contributed by atoms with Crippen molar-refractivity contribution in [3.8, 4) is 5.75 Å². The highest BCUT2D eigenvalue weighted by atomic mass is 35.5. The molecule has 0 saturated heterocycles. The molecule has 0 unspecified atom stereocenters. The van der Waals surface area contributed by atoms with Crippen molar-refractivity contribution in [2.45, 2.75) is 13.3 Å². The van der Waals surface area contributed by atoms with E-state index >= 15 is 0 Å². The third-order valence-corrected chi connectivity index (χ3v) is 4.16. The minimum atomic E-state index is -0.342. The quantitative estimate of drug-likeness (QED) is 0.588. The van der Waals surface area contributed by atoms with Gasteiger partial charge in [-0.15, -0.1) is 0 Å². The first kappa shape index (κ1) is 19.6. The number of hydrogen-bond acceptors (Lipinski definition) is 5. The molecule has 1 aromatic heterocycles. The predicted octanol–water partition coefficient (Wildman–Crippen LogP) is 4.44. The van der Waals surface area contributed by atoms with Crippen molar-refractivity contribution in [1.82, 2.24) is 9.97 Å². The number of anilines is 2. The summed E-state index contributed by atoms with van der Waals surface area (Å²) < 4.78 is 5.51. The van der Waals surface area contributed by atoms with Crippen LogP contribution in [-0.4, -0.2) is 29.0 Å². The smallest absolute Gasteiger partial charge is 0.275 e. The van der Waals surface area contributed by atoms with Crippen LogP contribution in [0, 0.1) is 0 Å². The maximum atomic E-state index is 12.4. The molecular formula is C21H21ClN4O2. The van der Waals surface area contributed by atoms with Crippen molar-refractivity contribution in [2.24, 2.45) is 0 Å². The Morgan fingerprint density at radius 3 is 2.71 bits per heavy atom. The average molecular weight is 397 g/mol. The van der Waals surface area contributed by atoms with Gasteiger partial charge < -0.3 is 15.4 Å². The Kier molecular flexibility index (Phi) is 6.81. The highest BCUT2D eigenvalue weighted by Crippen LogP contribution is 2.24. The summed E-state index contributed by atoms with van der Waals surface area (Å²) >= 11 is 5.98. The fourth-order valence-electron chi connectivity index (χ4n) is 2.60. The van der Waals surface area contributed by atoms with Gasteiger partial charge in [0.05, 0.1) is 24.7 Å². The van der Waals surface area contributed by atoms with Gasteiger partial charge in [0.15, 0.2) is 0 Å². The molecule has 1 heterocycles. The first-order valence-electron chi connectivity index (χ1n) is 8.99. The van der Waals surface area contributed by atoms with Crippen molar-refractivity contribution < 1.29 is 9.53 Å². The summed E-state index contributed by atoms with van der Waals surface area (Å²) in [6.07, 6.45) is 3.79. The van der Waals surface area contributed by atoms with E-state index in [9.17, 15) is 4.79 Å². The molecule has 0 radical (unpaired) electrons. The van der Waals surface area contributed by atoms with E-state index in [-0.39, 0.29) is 11.6 Å². The summed E-state index contributed by atoms with van der Waals surface area (Å²) in [5.74, 6) is 0.879. The van der Waals surface area contributed by atoms with Gasteiger partial charge in [-0.25, -0.2) is 9.97 Å². The van der Waals surface area contributed by atoms with Crippen LogP contribution in [-0.2, 0) is 6.42 Å². The van der Waals surface area contributed by atoms with Gasteiger partial charge in [-0.05, 0) is 43.2 Å². The highest BCUT2D eigenvalue weighted by molar-refractivity contribution is 6.30. The summed E-state index contributed by atoms with van der Waals surface area (Å²) in [5.41, 5.74) is 1.96. The molecular weight excluding hydrogens is 376 g/mol. The lowest BCUT2D eigenvalue weighted by Gasteiger charge is -2.11. The average Bonchev–Trinajstić information content (AvgIpc) is 2.70. The van der Waals surface area contributed by atoms with E-state index < -0.39 is 0 Å². The van der Waals surface area contributed by atoms with Crippen LogP contribution in [0.5, 0.6) is 5.75 Å². The van der Waals surface area contributed by atoms with E-state index in [2.05, 4.69) is 20.6 Å². The van der Waals surface area contributed by atoms with E-state index in [1.165, 1.54) is 6.20 Å². The minimum Gasteiger partial charge on any atom is -0.492 e. The van der Waals surface area contributed by atoms with Crippen LogP contribution in [0.3, 0.4) is 0 Å². The molecule has 2 aromatic carbocycles. The van der Waals surface area contributed by atoms with E-state index in [0.29, 0.717) is 30.4 Å². The third-order valence-electron chi connectivity index (χ3n) is 3.93.